The van der Waals surface area contributed by atoms with Crippen molar-refractivity contribution in [3.8, 4) is 10.4 Å². The molecule has 110 valence electrons. The van der Waals surface area contributed by atoms with E-state index in [2.05, 4.69) is 34.1 Å². The molecule has 2 aromatic rings. The highest BCUT2D eigenvalue weighted by Gasteiger charge is 2.41. The van der Waals surface area contributed by atoms with Crippen LogP contribution in [0.2, 0.25) is 0 Å². The van der Waals surface area contributed by atoms with Crippen LogP contribution in [-0.2, 0) is 9.47 Å². The number of morpholine rings is 1. The quantitative estimate of drug-likeness (QED) is 0.854. The summed E-state index contributed by atoms with van der Waals surface area (Å²) in [5.41, 5.74) is 1.12. The maximum absolute atomic E-state index is 5.98. The summed E-state index contributed by atoms with van der Waals surface area (Å²) in [6.07, 6.45) is 2.96. The molecule has 1 aromatic carbocycles. The molecule has 5 heteroatoms. The van der Waals surface area contributed by atoms with Crippen LogP contribution in [0.15, 0.2) is 36.5 Å². The fraction of sp³-hybridized carbons (Fsp3) is 0.438. The third kappa shape index (κ3) is 2.57. The van der Waals surface area contributed by atoms with Crippen LogP contribution in [0.25, 0.3) is 10.4 Å². The van der Waals surface area contributed by atoms with Gasteiger partial charge in [0.15, 0.2) is 5.13 Å². The smallest absolute Gasteiger partial charge is 0.186 e. The molecule has 1 spiro atoms. The molecule has 2 saturated heterocycles. The van der Waals surface area contributed by atoms with Crippen LogP contribution >= 0.6 is 11.3 Å². The highest BCUT2D eigenvalue weighted by Crippen LogP contribution is 2.35. The first-order valence-corrected chi connectivity index (χ1v) is 8.14. The van der Waals surface area contributed by atoms with Crippen molar-refractivity contribution in [3.05, 3.63) is 36.5 Å². The van der Waals surface area contributed by atoms with Gasteiger partial charge in [-0.2, -0.15) is 0 Å². The normalized spacial score (nSPS) is 25.6. The van der Waals surface area contributed by atoms with E-state index in [-0.39, 0.29) is 5.60 Å². The van der Waals surface area contributed by atoms with Crippen molar-refractivity contribution in [2.75, 3.05) is 37.8 Å². The van der Waals surface area contributed by atoms with Crippen molar-refractivity contribution in [2.45, 2.75) is 12.0 Å². The molecule has 3 heterocycles. The first-order valence-electron chi connectivity index (χ1n) is 7.33. The van der Waals surface area contributed by atoms with E-state index in [1.807, 2.05) is 12.3 Å². The molecule has 4 nitrogen and oxygen atoms in total. The molecular formula is C16H18N2O2S. The maximum Gasteiger partial charge on any atom is 0.186 e. The molecule has 0 N–H and O–H groups in total. The number of hydrogen-bond donors (Lipinski definition) is 0. The highest BCUT2D eigenvalue weighted by molar-refractivity contribution is 7.18. The lowest BCUT2D eigenvalue weighted by Crippen LogP contribution is -2.52. The summed E-state index contributed by atoms with van der Waals surface area (Å²) < 4.78 is 11.5. The van der Waals surface area contributed by atoms with Crippen molar-refractivity contribution in [1.82, 2.24) is 4.98 Å². The molecule has 2 aliphatic rings. The van der Waals surface area contributed by atoms with Gasteiger partial charge < -0.3 is 14.4 Å². The molecule has 1 aromatic heterocycles. The summed E-state index contributed by atoms with van der Waals surface area (Å²) >= 11 is 1.75. The van der Waals surface area contributed by atoms with Gasteiger partial charge in [-0.1, -0.05) is 41.7 Å². The predicted molar refractivity (Wildman–Crippen MR) is 83.9 cm³/mol. The molecule has 1 atom stereocenters. The standard InChI is InChI=1S/C16H18N2O2S/c1-2-4-13(5-3-1)14-10-17-15(21-14)18-7-9-20-16(11-18)6-8-19-12-16/h1-5,10H,6-9,11-12H2. The summed E-state index contributed by atoms with van der Waals surface area (Å²) in [7, 11) is 0. The molecule has 0 saturated carbocycles. The van der Waals surface area contributed by atoms with Crippen molar-refractivity contribution in [1.29, 1.82) is 0 Å². The Morgan fingerprint density at radius 2 is 2.10 bits per heavy atom. The number of benzene rings is 1. The van der Waals surface area contributed by atoms with Gasteiger partial charge in [-0.05, 0) is 5.56 Å². The fourth-order valence-corrected chi connectivity index (χ4v) is 3.93. The van der Waals surface area contributed by atoms with Gasteiger partial charge in [0.2, 0.25) is 0 Å². The molecule has 0 radical (unpaired) electrons. The lowest BCUT2D eigenvalue weighted by Gasteiger charge is -2.39. The molecule has 4 rings (SSSR count). The summed E-state index contributed by atoms with van der Waals surface area (Å²) in [5, 5.41) is 1.09. The number of nitrogens with zero attached hydrogens (tertiary/aromatic N) is 2. The number of ether oxygens (including phenoxy) is 2. The highest BCUT2D eigenvalue weighted by atomic mass is 32.1. The fourth-order valence-electron chi connectivity index (χ4n) is 2.98. The van der Waals surface area contributed by atoms with Crippen molar-refractivity contribution in [3.63, 3.8) is 0 Å². The third-order valence-electron chi connectivity index (χ3n) is 4.14. The minimum absolute atomic E-state index is 0.114. The van der Waals surface area contributed by atoms with Crippen LogP contribution in [0.4, 0.5) is 5.13 Å². The van der Waals surface area contributed by atoms with Crippen LogP contribution in [0.1, 0.15) is 6.42 Å². The van der Waals surface area contributed by atoms with E-state index in [4.69, 9.17) is 9.47 Å². The first kappa shape index (κ1) is 13.2. The van der Waals surface area contributed by atoms with Gasteiger partial charge in [-0.25, -0.2) is 4.98 Å². The van der Waals surface area contributed by atoms with E-state index < -0.39 is 0 Å². The molecule has 2 fully saturated rings. The molecule has 2 aliphatic heterocycles. The second kappa shape index (κ2) is 5.40. The summed E-state index contributed by atoms with van der Waals surface area (Å²) in [6.45, 7) is 4.06. The van der Waals surface area contributed by atoms with Crippen molar-refractivity contribution < 1.29 is 9.47 Å². The van der Waals surface area contributed by atoms with Gasteiger partial charge in [0, 0.05) is 25.8 Å². The second-order valence-corrected chi connectivity index (χ2v) is 6.64. The van der Waals surface area contributed by atoms with Gasteiger partial charge in [0.1, 0.15) is 5.60 Å². The lowest BCUT2D eigenvalue weighted by atomic mass is 10.0. The average Bonchev–Trinajstić information content (AvgIpc) is 3.18. The minimum atomic E-state index is -0.114. The Morgan fingerprint density at radius 1 is 1.19 bits per heavy atom. The number of aromatic nitrogens is 1. The van der Waals surface area contributed by atoms with E-state index in [0.29, 0.717) is 6.61 Å². The van der Waals surface area contributed by atoms with Gasteiger partial charge in [-0.15, -0.1) is 0 Å². The molecular weight excluding hydrogens is 284 g/mol. The Kier molecular flexibility index (Phi) is 3.41. The van der Waals surface area contributed by atoms with Crippen molar-refractivity contribution >= 4 is 16.5 Å². The lowest BCUT2D eigenvalue weighted by molar-refractivity contribution is -0.0579. The molecule has 0 bridgehead atoms. The average molecular weight is 302 g/mol. The van der Waals surface area contributed by atoms with Crippen LogP contribution in [0, 0.1) is 0 Å². The predicted octanol–water partition coefficient (Wildman–Crippen LogP) is 2.81. The Hall–Kier alpha value is -1.43. The Labute approximate surface area is 128 Å². The molecule has 0 aliphatic carbocycles. The summed E-state index contributed by atoms with van der Waals surface area (Å²) in [4.78, 5) is 8.18. The third-order valence-corrected chi connectivity index (χ3v) is 5.25. The molecule has 0 amide bonds. The summed E-state index contributed by atoms with van der Waals surface area (Å²) in [5.74, 6) is 0. The van der Waals surface area contributed by atoms with E-state index in [9.17, 15) is 0 Å². The van der Waals surface area contributed by atoms with Gasteiger partial charge >= 0.3 is 0 Å². The zero-order valence-corrected chi connectivity index (χ0v) is 12.6. The van der Waals surface area contributed by atoms with E-state index in [1.165, 1.54) is 10.4 Å². The van der Waals surface area contributed by atoms with Crippen LogP contribution in [-0.4, -0.2) is 43.5 Å². The summed E-state index contributed by atoms with van der Waals surface area (Å²) in [6, 6.07) is 10.4. The van der Waals surface area contributed by atoms with E-state index in [0.717, 1.165) is 37.9 Å². The zero-order valence-electron chi connectivity index (χ0n) is 11.8. The van der Waals surface area contributed by atoms with Gasteiger partial charge in [0.05, 0.1) is 24.6 Å². The van der Waals surface area contributed by atoms with E-state index in [1.54, 1.807) is 11.3 Å². The molecule has 1 unspecified atom stereocenters. The monoisotopic (exact) mass is 302 g/mol. The Morgan fingerprint density at radius 3 is 2.90 bits per heavy atom. The van der Waals surface area contributed by atoms with Crippen LogP contribution < -0.4 is 4.90 Å². The van der Waals surface area contributed by atoms with Crippen molar-refractivity contribution in [2.24, 2.45) is 0 Å². The number of thiazole rings is 1. The molecule has 21 heavy (non-hydrogen) atoms. The number of anilines is 1. The van der Waals surface area contributed by atoms with Gasteiger partial charge in [-0.3, -0.25) is 0 Å². The first-order chi connectivity index (χ1) is 10.3. The largest absolute Gasteiger partial charge is 0.378 e. The SMILES string of the molecule is c1ccc(-c2cnc(N3CCOC4(CCOC4)C3)s2)cc1. The Bertz CT molecular complexity index is 608. The Balaban J connectivity index is 1.55. The van der Waals surface area contributed by atoms with Gasteiger partial charge in [0.25, 0.3) is 0 Å². The maximum atomic E-state index is 5.98. The van der Waals surface area contributed by atoms with Crippen LogP contribution in [0.3, 0.4) is 0 Å². The topological polar surface area (TPSA) is 34.6 Å². The zero-order chi connectivity index (χ0) is 14.1. The number of rotatable bonds is 2. The second-order valence-electron chi connectivity index (χ2n) is 5.63. The minimum Gasteiger partial charge on any atom is -0.378 e. The van der Waals surface area contributed by atoms with Crippen LogP contribution in [0.5, 0.6) is 0 Å². The number of hydrogen-bond acceptors (Lipinski definition) is 5. The van der Waals surface area contributed by atoms with E-state index >= 15 is 0 Å².